The fourth-order valence-electron chi connectivity index (χ4n) is 6.17. The number of fused-ring (bicyclic) bond motifs is 10. The van der Waals surface area contributed by atoms with Gasteiger partial charge < -0.3 is 10.6 Å². The maximum atomic E-state index is 12.3. The summed E-state index contributed by atoms with van der Waals surface area (Å²) in [6.45, 7) is 1.05. The Morgan fingerprint density at radius 1 is 0.828 bits per heavy atom. The summed E-state index contributed by atoms with van der Waals surface area (Å²) >= 11 is 0. The lowest BCUT2D eigenvalue weighted by Crippen LogP contribution is -2.55. The monoisotopic (exact) mass is 390 g/mol. The molecule has 0 radical (unpaired) electrons. The molecule has 6 rings (SSSR count). The number of allylic oxidation sites excluding steroid dienone is 2. The third-order valence-corrected chi connectivity index (χ3v) is 7.65. The van der Waals surface area contributed by atoms with E-state index in [1.54, 1.807) is 0 Å². The van der Waals surface area contributed by atoms with Crippen molar-refractivity contribution in [1.29, 1.82) is 0 Å². The van der Waals surface area contributed by atoms with Crippen molar-refractivity contribution in [3.8, 4) is 0 Å². The van der Waals surface area contributed by atoms with Gasteiger partial charge in [-0.2, -0.15) is 0 Å². The molecule has 1 aromatic carbocycles. The summed E-state index contributed by atoms with van der Waals surface area (Å²) < 4.78 is 0. The molecular formula is C23H26N4O2. The van der Waals surface area contributed by atoms with Crippen LogP contribution in [0.25, 0.3) is 0 Å². The molecule has 4 aliphatic heterocycles. The van der Waals surface area contributed by atoms with Gasteiger partial charge in [0.25, 0.3) is 0 Å². The second kappa shape index (κ2) is 6.54. The maximum absolute atomic E-state index is 12.3. The standard InChI is InChI=1S/C23H26N4O2/c28-22(24-12-26-18-9-19(26)15-6-2-1-5-14(15)18)11-23(29)25-13-27-20-10-21(27)17-8-4-3-7-16(17)20/h1-8,14-15,18-21H,9-13H2,(H,24,28)(H,25,29). The Balaban J connectivity index is 0.952. The lowest BCUT2D eigenvalue weighted by atomic mass is 9.92. The van der Waals surface area contributed by atoms with Gasteiger partial charge in [-0.05, 0) is 24.0 Å². The summed E-state index contributed by atoms with van der Waals surface area (Å²) in [5, 5.41) is 5.88. The van der Waals surface area contributed by atoms with Crippen molar-refractivity contribution >= 4 is 11.8 Å². The third kappa shape index (κ3) is 2.62. The van der Waals surface area contributed by atoms with E-state index in [4.69, 9.17) is 0 Å². The first-order valence-corrected chi connectivity index (χ1v) is 10.7. The number of amides is 2. The first-order valence-electron chi connectivity index (χ1n) is 10.7. The Labute approximate surface area is 170 Å². The lowest BCUT2D eigenvalue weighted by molar-refractivity contribution is -0.131. The lowest BCUT2D eigenvalue weighted by Gasteiger charge is -2.41. The fraction of sp³-hybridized carbons (Fsp3) is 0.478. The minimum atomic E-state index is -0.205. The molecule has 0 saturated carbocycles. The molecule has 150 valence electrons. The van der Waals surface area contributed by atoms with Crippen LogP contribution in [0.15, 0.2) is 48.6 Å². The predicted octanol–water partition coefficient (Wildman–Crippen LogP) is 1.84. The first-order chi connectivity index (χ1) is 14.2. The highest BCUT2D eigenvalue weighted by atomic mass is 16.2. The SMILES string of the molecule is O=C(CC(=O)NCN1C2CC1C1C=CC=CC12)NCN1C2CC1c1ccccc12. The van der Waals surface area contributed by atoms with Gasteiger partial charge in [-0.25, -0.2) is 0 Å². The molecule has 0 aromatic heterocycles. The summed E-state index contributed by atoms with van der Waals surface area (Å²) in [6.07, 6.45) is 11.1. The Bertz CT molecular complexity index is 872. The average molecular weight is 390 g/mol. The van der Waals surface area contributed by atoms with Crippen molar-refractivity contribution in [3.63, 3.8) is 0 Å². The van der Waals surface area contributed by atoms with Gasteiger partial charge >= 0.3 is 0 Å². The Kier molecular flexibility index (Phi) is 3.93. The molecule has 3 fully saturated rings. The third-order valence-electron chi connectivity index (χ3n) is 7.65. The van der Waals surface area contributed by atoms with E-state index in [0.29, 0.717) is 49.3 Å². The van der Waals surface area contributed by atoms with Crippen LogP contribution in [-0.4, -0.2) is 47.0 Å². The van der Waals surface area contributed by atoms with Crippen LogP contribution < -0.4 is 10.6 Å². The Hall–Kier alpha value is -2.44. The van der Waals surface area contributed by atoms with Crippen LogP contribution in [0, 0.1) is 11.8 Å². The zero-order chi connectivity index (χ0) is 19.5. The molecular weight excluding hydrogens is 364 g/mol. The quantitative estimate of drug-likeness (QED) is 0.728. The van der Waals surface area contributed by atoms with E-state index in [1.165, 1.54) is 17.5 Å². The topological polar surface area (TPSA) is 64.7 Å². The molecule has 6 atom stereocenters. The Morgan fingerprint density at radius 2 is 1.38 bits per heavy atom. The van der Waals surface area contributed by atoms with Crippen molar-refractivity contribution in [2.24, 2.45) is 11.8 Å². The summed E-state index contributed by atoms with van der Waals surface area (Å²) in [6, 6.07) is 10.4. The Morgan fingerprint density at radius 3 is 1.97 bits per heavy atom. The van der Waals surface area contributed by atoms with Crippen molar-refractivity contribution in [3.05, 3.63) is 59.7 Å². The minimum Gasteiger partial charge on any atom is -0.343 e. The van der Waals surface area contributed by atoms with E-state index in [-0.39, 0.29) is 18.2 Å². The highest BCUT2D eigenvalue weighted by Crippen LogP contribution is 2.56. The van der Waals surface area contributed by atoms with Gasteiger partial charge in [0.1, 0.15) is 6.42 Å². The predicted molar refractivity (Wildman–Crippen MR) is 108 cm³/mol. The number of benzene rings is 1. The highest BCUT2D eigenvalue weighted by molar-refractivity contribution is 5.96. The second-order valence-corrected chi connectivity index (χ2v) is 8.91. The molecule has 5 aliphatic rings. The number of hydrogen-bond acceptors (Lipinski definition) is 4. The van der Waals surface area contributed by atoms with Crippen LogP contribution in [0.3, 0.4) is 0 Å². The van der Waals surface area contributed by atoms with Crippen molar-refractivity contribution in [2.45, 2.75) is 43.4 Å². The number of nitrogens with zero attached hydrogens (tertiary/aromatic N) is 2. The fourth-order valence-corrected chi connectivity index (χ4v) is 6.17. The minimum absolute atomic E-state index is 0.105. The normalized spacial score (nSPS) is 35.4. The molecule has 29 heavy (non-hydrogen) atoms. The number of rotatable bonds is 6. The smallest absolute Gasteiger partial charge is 0.230 e. The summed E-state index contributed by atoms with van der Waals surface area (Å²) in [4.78, 5) is 29.2. The van der Waals surface area contributed by atoms with E-state index in [2.05, 4.69) is 69.0 Å². The molecule has 4 heterocycles. The number of nitrogens with one attached hydrogen (secondary N) is 2. The van der Waals surface area contributed by atoms with Gasteiger partial charge in [-0.15, -0.1) is 0 Å². The molecule has 6 nitrogen and oxygen atoms in total. The molecule has 2 N–H and O–H groups in total. The summed E-state index contributed by atoms with van der Waals surface area (Å²) in [5.41, 5.74) is 2.78. The van der Waals surface area contributed by atoms with E-state index in [0.717, 1.165) is 6.42 Å². The average Bonchev–Trinajstić information content (AvgIpc) is 3.41. The van der Waals surface area contributed by atoms with Crippen LogP contribution in [0.1, 0.15) is 42.5 Å². The number of carbonyl (C=O) groups is 2. The van der Waals surface area contributed by atoms with Gasteiger partial charge in [-0.3, -0.25) is 19.4 Å². The van der Waals surface area contributed by atoms with Gasteiger partial charge in [0.2, 0.25) is 11.8 Å². The van der Waals surface area contributed by atoms with Crippen LogP contribution in [-0.2, 0) is 9.59 Å². The molecule has 4 bridgehead atoms. The number of hydrogen-bond donors (Lipinski definition) is 2. The largest absolute Gasteiger partial charge is 0.343 e. The van der Waals surface area contributed by atoms with E-state index in [1.807, 2.05) is 0 Å². The molecule has 1 aromatic rings. The van der Waals surface area contributed by atoms with Crippen LogP contribution >= 0.6 is 0 Å². The van der Waals surface area contributed by atoms with Gasteiger partial charge in [0.05, 0.1) is 13.3 Å². The molecule has 0 spiro atoms. The highest BCUT2D eigenvalue weighted by Gasteiger charge is 2.56. The van der Waals surface area contributed by atoms with Gasteiger partial charge in [-0.1, -0.05) is 48.6 Å². The zero-order valence-electron chi connectivity index (χ0n) is 16.3. The van der Waals surface area contributed by atoms with Crippen LogP contribution in [0.4, 0.5) is 0 Å². The molecule has 6 unspecified atom stereocenters. The summed E-state index contributed by atoms with van der Waals surface area (Å²) in [7, 11) is 0. The van der Waals surface area contributed by atoms with Crippen molar-refractivity contribution in [1.82, 2.24) is 20.4 Å². The second-order valence-electron chi connectivity index (χ2n) is 8.91. The van der Waals surface area contributed by atoms with Crippen molar-refractivity contribution in [2.75, 3.05) is 13.3 Å². The van der Waals surface area contributed by atoms with E-state index < -0.39 is 0 Å². The van der Waals surface area contributed by atoms with Crippen LogP contribution in [0.2, 0.25) is 0 Å². The molecule has 1 aliphatic carbocycles. The molecule has 2 amide bonds. The summed E-state index contributed by atoms with van der Waals surface area (Å²) in [5.74, 6) is 0.768. The van der Waals surface area contributed by atoms with Gasteiger partial charge in [0, 0.05) is 36.0 Å². The van der Waals surface area contributed by atoms with E-state index in [9.17, 15) is 9.59 Å². The molecule has 6 heteroatoms. The zero-order valence-corrected chi connectivity index (χ0v) is 16.3. The van der Waals surface area contributed by atoms with E-state index >= 15 is 0 Å². The van der Waals surface area contributed by atoms with Gasteiger partial charge in [0.15, 0.2) is 0 Å². The first kappa shape index (κ1) is 17.4. The maximum Gasteiger partial charge on any atom is 0.230 e. The van der Waals surface area contributed by atoms with Crippen molar-refractivity contribution < 1.29 is 9.59 Å². The number of carbonyl (C=O) groups excluding carboxylic acids is 2. The molecule has 3 saturated heterocycles. The van der Waals surface area contributed by atoms with Crippen LogP contribution in [0.5, 0.6) is 0 Å².